The molecule has 1 aliphatic carbocycles. The molecule has 1 fully saturated rings. The second-order valence-corrected chi connectivity index (χ2v) is 9.52. The monoisotopic (exact) mass is 504 g/mol. The van der Waals surface area contributed by atoms with Crippen LogP contribution >= 0.6 is 0 Å². The van der Waals surface area contributed by atoms with Crippen LogP contribution in [-0.2, 0) is 14.3 Å². The molecule has 1 atom stereocenters. The van der Waals surface area contributed by atoms with E-state index in [4.69, 9.17) is 9.47 Å². The van der Waals surface area contributed by atoms with Gasteiger partial charge < -0.3 is 20.1 Å². The van der Waals surface area contributed by atoms with Gasteiger partial charge in [0.2, 0.25) is 17.5 Å². The number of Topliss-reactive ketones (excluding diaryl/α,β-unsaturated/α-hetero) is 1. The maximum atomic E-state index is 13.8. The number of hydrogen-bond acceptors (Lipinski definition) is 5. The summed E-state index contributed by atoms with van der Waals surface area (Å²) in [6.45, 7) is 4.56. The number of amides is 2. The molecule has 0 radical (unpaired) electrons. The minimum Gasteiger partial charge on any atom is -0.479 e. The molecule has 0 spiro atoms. The molecule has 11 heteroatoms. The van der Waals surface area contributed by atoms with Gasteiger partial charge in [-0.05, 0) is 52.9 Å². The third kappa shape index (κ3) is 9.03. The van der Waals surface area contributed by atoms with E-state index in [2.05, 4.69) is 10.6 Å². The molecule has 196 valence electrons. The molecule has 1 aromatic carbocycles. The van der Waals surface area contributed by atoms with Crippen molar-refractivity contribution in [3.63, 3.8) is 0 Å². The predicted octanol–water partition coefficient (Wildman–Crippen LogP) is 4.56. The number of hydrogen-bond donors (Lipinski definition) is 2. The lowest BCUT2D eigenvalue weighted by Crippen LogP contribution is -2.45. The number of alkyl carbamates (subject to hydrolysis) is 1. The topological polar surface area (TPSA) is 93.7 Å². The molecule has 1 aliphatic rings. The van der Waals surface area contributed by atoms with E-state index in [0.29, 0.717) is 25.7 Å². The van der Waals surface area contributed by atoms with Crippen LogP contribution in [0.5, 0.6) is 5.75 Å². The lowest BCUT2D eigenvalue weighted by atomic mass is 10.0. The van der Waals surface area contributed by atoms with Gasteiger partial charge in [0.1, 0.15) is 12.2 Å². The third-order valence-electron chi connectivity index (χ3n) is 5.45. The lowest BCUT2D eigenvalue weighted by molar-refractivity contribution is -0.131. The van der Waals surface area contributed by atoms with Crippen molar-refractivity contribution in [1.29, 1.82) is 0 Å². The minimum atomic E-state index is -1.75. The van der Waals surface area contributed by atoms with Crippen LogP contribution in [0.25, 0.3) is 0 Å². The highest BCUT2D eigenvalue weighted by Gasteiger charge is 2.29. The van der Waals surface area contributed by atoms with Crippen LogP contribution in [0.4, 0.5) is 22.4 Å². The number of ketones is 1. The molecule has 35 heavy (non-hydrogen) atoms. The Morgan fingerprint density at radius 1 is 1.03 bits per heavy atom. The Hall–Kier alpha value is -2.85. The summed E-state index contributed by atoms with van der Waals surface area (Å²) < 4.78 is 64.4. The number of ether oxygens (including phenoxy) is 2. The van der Waals surface area contributed by atoms with Gasteiger partial charge in [-0.2, -0.15) is 8.78 Å². The molecule has 2 rings (SSSR count). The summed E-state index contributed by atoms with van der Waals surface area (Å²) in [5, 5.41) is 5.25. The van der Waals surface area contributed by atoms with Gasteiger partial charge in [0.05, 0.1) is 6.04 Å². The van der Waals surface area contributed by atoms with Gasteiger partial charge in [0, 0.05) is 18.5 Å². The van der Waals surface area contributed by atoms with Crippen LogP contribution in [0.3, 0.4) is 0 Å². The van der Waals surface area contributed by atoms with Crippen LogP contribution in [0.15, 0.2) is 6.07 Å². The summed E-state index contributed by atoms with van der Waals surface area (Å²) in [6, 6.07) is -0.996. The molecule has 1 unspecified atom stereocenters. The maximum absolute atomic E-state index is 13.8. The fourth-order valence-electron chi connectivity index (χ4n) is 3.69. The average Bonchev–Trinajstić information content (AvgIpc) is 3.30. The van der Waals surface area contributed by atoms with Gasteiger partial charge in [-0.3, -0.25) is 9.59 Å². The fourth-order valence-corrected chi connectivity index (χ4v) is 3.69. The molecule has 0 heterocycles. The summed E-state index contributed by atoms with van der Waals surface area (Å²) in [6.07, 6.45) is 3.65. The first kappa shape index (κ1) is 28.4. The molecule has 1 saturated carbocycles. The molecule has 0 aliphatic heterocycles. The molecule has 7 nitrogen and oxygen atoms in total. The standard InChI is InChI=1S/C24H32F4N2O5/c1-24(2,3)35-23(33)29-11-7-6-10-17(30-22(32)14-8-4-5-9-14)18(31)13-34-21-19(27)15(25)12-16(26)20(21)28/h12,14,17H,4-11,13H2,1-3H3,(H,29,33)(H,30,32). The van der Waals surface area contributed by atoms with Crippen molar-refractivity contribution in [2.75, 3.05) is 13.2 Å². The van der Waals surface area contributed by atoms with Crippen molar-refractivity contribution < 1.29 is 41.4 Å². The molecule has 0 bridgehead atoms. The second-order valence-electron chi connectivity index (χ2n) is 9.52. The molecule has 0 aromatic heterocycles. The van der Waals surface area contributed by atoms with Crippen LogP contribution in [0, 0.1) is 29.2 Å². The summed E-state index contributed by atoms with van der Waals surface area (Å²) in [7, 11) is 0. The molecule has 0 saturated heterocycles. The zero-order valence-corrected chi connectivity index (χ0v) is 20.1. The fraction of sp³-hybridized carbons (Fsp3) is 0.625. The van der Waals surface area contributed by atoms with Crippen molar-refractivity contribution in [2.45, 2.75) is 77.4 Å². The van der Waals surface area contributed by atoms with E-state index in [1.54, 1.807) is 20.8 Å². The highest BCUT2D eigenvalue weighted by Crippen LogP contribution is 2.27. The average molecular weight is 505 g/mol. The van der Waals surface area contributed by atoms with Gasteiger partial charge in [-0.1, -0.05) is 12.8 Å². The first-order valence-electron chi connectivity index (χ1n) is 11.6. The normalized spacial score (nSPS) is 14.9. The molecular weight excluding hydrogens is 472 g/mol. The Kier molecular flexibility index (Phi) is 10.3. The highest BCUT2D eigenvalue weighted by atomic mass is 19.2. The second kappa shape index (κ2) is 12.7. The summed E-state index contributed by atoms with van der Waals surface area (Å²) >= 11 is 0. The number of nitrogens with one attached hydrogen (secondary N) is 2. The highest BCUT2D eigenvalue weighted by molar-refractivity contribution is 5.90. The van der Waals surface area contributed by atoms with E-state index in [1.807, 2.05) is 0 Å². The maximum Gasteiger partial charge on any atom is 0.407 e. The van der Waals surface area contributed by atoms with Crippen LogP contribution in [-0.4, -0.2) is 42.6 Å². The van der Waals surface area contributed by atoms with Crippen LogP contribution < -0.4 is 15.4 Å². The summed E-state index contributed by atoms with van der Waals surface area (Å²) in [5.74, 6) is -9.40. The Bertz CT molecular complexity index is 888. The first-order valence-corrected chi connectivity index (χ1v) is 11.6. The molecule has 1 aromatic rings. The Morgan fingerprint density at radius 3 is 2.20 bits per heavy atom. The zero-order chi connectivity index (χ0) is 26.2. The van der Waals surface area contributed by atoms with E-state index in [9.17, 15) is 31.9 Å². The largest absolute Gasteiger partial charge is 0.479 e. The van der Waals surface area contributed by atoms with Gasteiger partial charge in [0.25, 0.3) is 0 Å². The van der Waals surface area contributed by atoms with E-state index in [0.717, 1.165) is 12.8 Å². The van der Waals surface area contributed by atoms with Crippen molar-refractivity contribution in [3.8, 4) is 5.75 Å². The van der Waals surface area contributed by atoms with Crippen LogP contribution in [0.1, 0.15) is 65.7 Å². The lowest BCUT2D eigenvalue weighted by Gasteiger charge is -2.21. The quantitative estimate of drug-likeness (QED) is 0.262. The molecular formula is C24H32F4N2O5. The third-order valence-corrected chi connectivity index (χ3v) is 5.45. The summed E-state index contributed by atoms with van der Waals surface area (Å²) in [5.41, 5.74) is -0.643. The van der Waals surface area contributed by atoms with Gasteiger partial charge in [-0.25, -0.2) is 13.6 Å². The Morgan fingerprint density at radius 2 is 1.63 bits per heavy atom. The van der Waals surface area contributed by atoms with Gasteiger partial charge >= 0.3 is 6.09 Å². The van der Waals surface area contributed by atoms with Crippen molar-refractivity contribution in [2.24, 2.45) is 5.92 Å². The number of carbonyl (C=O) groups is 3. The Labute approximate surface area is 201 Å². The number of carbonyl (C=O) groups excluding carboxylic acids is 3. The van der Waals surface area contributed by atoms with Crippen molar-refractivity contribution >= 4 is 17.8 Å². The minimum absolute atomic E-state index is 0.0370. The molecule has 2 amide bonds. The zero-order valence-electron chi connectivity index (χ0n) is 20.1. The van der Waals surface area contributed by atoms with E-state index >= 15 is 0 Å². The van der Waals surface area contributed by atoms with E-state index in [1.165, 1.54) is 0 Å². The number of rotatable bonds is 11. The number of halogens is 4. The number of benzene rings is 1. The first-order chi connectivity index (χ1) is 16.4. The molecule has 2 N–H and O–H groups in total. The van der Waals surface area contributed by atoms with Crippen molar-refractivity contribution in [3.05, 3.63) is 29.3 Å². The van der Waals surface area contributed by atoms with E-state index < -0.39 is 59.1 Å². The van der Waals surface area contributed by atoms with Crippen LogP contribution in [0.2, 0.25) is 0 Å². The van der Waals surface area contributed by atoms with Crippen molar-refractivity contribution in [1.82, 2.24) is 10.6 Å². The van der Waals surface area contributed by atoms with Gasteiger partial charge in [0.15, 0.2) is 23.2 Å². The Balaban J connectivity index is 1.95. The number of unbranched alkanes of at least 4 members (excludes halogenated alkanes) is 1. The summed E-state index contributed by atoms with van der Waals surface area (Å²) in [4.78, 5) is 37.0. The smallest absolute Gasteiger partial charge is 0.407 e. The van der Waals surface area contributed by atoms with E-state index in [-0.39, 0.29) is 30.9 Å². The van der Waals surface area contributed by atoms with Gasteiger partial charge in [-0.15, -0.1) is 0 Å². The predicted molar refractivity (Wildman–Crippen MR) is 119 cm³/mol. The SMILES string of the molecule is CC(C)(C)OC(=O)NCCCCC(NC(=O)C1CCCC1)C(=O)COc1c(F)c(F)cc(F)c1F.